The highest BCUT2D eigenvalue weighted by atomic mass is 16.5. The number of hydrogen-bond acceptors (Lipinski definition) is 2. The molecule has 2 aromatic carbocycles. The maximum absolute atomic E-state index is 12.3. The number of nitrogens with one attached hydrogen (secondary N) is 3. The van der Waals surface area contributed by atoms with Gasteiger partial charge in [0.25, 0.3) is 5.91 Å². The van der Waals surface area contributed by atoms with E-state index >= 15 is 0 Å². The fraction of sp³-hybridized carbons (Fsp3) is 0.381. The minimum atomic E-state index is 0.0793. The van der Waals surface area contributed by atoms with Gasteiger partial charge in [-0.3, -0.25) is 4.79 Å². The number of piperazine rings is 1. The van der Waals surface area contributed by atoms with Gasteiger partial charge < -0.3 is 19.9 Å². The molecule has 0 bridgehead atoms. The van der Waals surface area contributed by atoms with Crippen molar-refractivity contribution in [2.24, 2.45) is 0 Å². The van der Waals surface area contributed by atoms with Gasteiger partial charge in [-0.2, -0.15) is 0 Å². The zero-order valence-electron chi connectivity index (χ0n) is 15.5. The van der Waals surface area contributed by atoms with E-state index in [4.69, 9.17) is 4.74 Å². The molecule has 3 N–H and O–H groups in total. The molecule has 0 radical (unpaired) electrons. The van der Waals surface area contributed by atoms with Gasteiger partial charge >= 0.3 is 0 Å². The number of hydrogen-bond donors (Lipinski definition) is 3. The van der Waals surface area contributed by atoms with Gasteiger partial charge in [-0.1, -0.05) is 30.3 Å². The van der Waals surface area contributed by atoms with Gasteiger partial charge in [0.2, 0.25) is 0 Å². The average molecular weight is 355 g/mol. The lowest BCUT2D eigenvalue weighted by molar-refractivity contribution is -1.02. The van der Waals surface area contributed by atoms with E-state index in [1.807, 2.05) is 31.2 Å². The van der Waals surface area contributed by atoms with Crippen molar-refractivity contribution in [3.8, 4) is 5.75 Å². The molecule has 0 aliphatic carbocycles. The number of amides is 1. The number of rotatable bonds is 7. The van der Waals surface area contributed by atoms with Gasteiger partial charge in [-0.15, -0.1) is 0 Å². The molecule has 1 aliphatic rings. The van der Waals surface area contributed by atoms with E-state index in [2.05, 4.69) is 35.6 Å². The fourth-order valence-electron chi connectivity index (χ4n) is 3.43. The summed E-state index contributed by atoms with van der Waals surface area (Å²) in [4.78, 5) is 15.3. The van der Waals surface area contributed by atoms with Crippen LogP contribution in [0.15, 0.2) is 54.6 Å². The Morgan fingerprint density at radius 1 is 0.962 bits per heavy atom. The largest absolute Gasteiger partial charge is 0.494 e. The van der Waals surface area contributed by atoms with Gasteiger partial charge in [-0.05, 0) is 31.2 Å². The molecule has 2 aromatic rings. The van der Waals surface area contributed by atoms with Crippen molar-refractivity contribution in [2.45, 2.75) is 13.5 Å². The van der Waals surface area contributed by atoms with E-state index in [1.165, 1.54) is 10.5 Å². The summed E-state index contributed by atoms with van der Waals surface area (Å²) in [6.07, 6.45) is 0. The highest BCUT2D eigenvalue weighted by Crippen LogP contribution is 2.15. The van der Waals surface area contributed by atoms with Crippen molar-refractivity contribution in [1.29, 1.82) is 0 Å². The quantitative estimate of drug-likeness (QED) is 0.655. The first-order chi connectivity index (χ1) is 12.7. The zero-order valence-corrected chi connectivity index (χ0v) is 15.5. The molecule has 1 fully saturated rings. The Kier molecular flexibility index (Phi) is 6.63. The molecular formula is C21H29N3O2+2. The molecule has 1 saturated heterocycles. The van der Waals surface area contributed by atoms with Crippen LogP contribution in [0, 0.1) is 0 Å². The van der Waals surface area contributed by atoms with Crippen molar-refractivity contribution in [3.05, 3.63) is 60.2 Å². The monoisotopic (exact) mass is 355 g/mol. The first kappa shape index (κ1) is 18.4. The van der Waals surface area contributed by atoms with Crippen LogP contribution in [0.2, 0.25) is 0 Å². The number of ether oxygens (including phenoxy) is 1. The summed E-state index contributed by atoms with van der Waals surface area (Å²) >= 11 is 0. The first-order valence-corrected chi connectivity index (χ1v) is 9.46. The minimum absolute atomic E-state index is 0.0793. The molecule has 0 atom stereocenters. The Morgan fingerprint density at radius 2 is 1.62 bits per heavy atom. The molecule has 1 aliphatic heterocycles. The number of benzene rings is 2. The molecule has 3 rings (SSSR count). The van der Waals surface area contributed by atoms with Crippen molar-refractivity contribution in [3.63, 3.8) is 0 Å². The molecule has 1 heterocycles. The summed E-state index contributed by atoms with van der Waals surface area (Å²) in [7, 11) is 0. The molecule has 138 valence electrons. The zero-order chi connectivity index (χ0) is 18.2. The first-order valence-electron chi connectivity index (χ1n) is 9.46. The fourth-order valence-corrected chi connectivity index (χ4v) is 3.43. The van der Waals surface area contributed by atoms with E-state index < -0.39 is 0 Å². The van der Waals surface area contributed by atoms with Gasteiger partial charge in [0.1, 0.15) is 38.5 Å². The third-order valence-electron chi connectivity index (χ3n) is 4.82. The second-order valence-corrected chi connectivity index (χ2v) is 6.84. The van der Waals surface area contributed by atoms with Crippen LogP contribution in [0.1, 0.15) is 12.5 Å². The van der Waals surface area contributed by atoms with Crippen LogP contribution in [0.5, 0.6) is 5.75 Å². The minimum Gasteiger partial charge on any atom is -0.494 e. The lowest BCUT2D eigenvalue weighted by atomic mass is 10.2. The van der Waals surface area contributed by atoms with Crippen molar-refractivity contribution in [2.75, 3.05) is 44.6 Å². The smallest absolute Gasteiger partial charge is 0.279 e. The van der Waals surface area contributed by atoms with Crippen LogP contribution in [0.4, 0.5) is 5.69 Å². The molecular weight excluding hydrogens is 326 g/mol. The van der Waals surface area contributed by atoms with Crippen molar-refractivity contribution in [1.82, 2.24) is 0 Å². The normalized spacial score (nSPS) is 19.7. The molecule has 0 spiro atoms. The third-order valence-corrected chi connectivity index (χ3v) is 4.82. The summed E-state index contributed by atoms with van der Waals surface area (Å²) in [5.41, 5.74) is 2.21. The van der Waals surface area contributed by atoms with Crippen LogP contribution in [0.25, 0.3) is 0 Å². The van der Waals surface area contributed by atoms with Crippen LogP contribution in [-0.4, -0.2) is 45.2 Å². The van der Waals surface area contributed by atoms with Crippen molar-refractivity contribution < 1.29 is 19.3 Å². The van der Waals surface area contributed by atoms with Gasteiger partial charge in [0, 0.05) is 11.3 Å². The van der Waals surface area contributed by atoms with Crippen LogP contribution < -0.4 is 19.9 Å². The van der Waals surface area contributed by atoms with E-state index in [-0.39, 0.29) is 5.91 Å². The Balaban J connectivity index is 1.40. The average Bonchev–Trinajstić information content (AvgIpc) is 2.66. The molecule has 0 saturated carbocycles. The standard InChI is InChI=1S/C21H27N3O2/c1-2-26-20-10-8-19(9-11-20)22-21(25)17-24-14-12-23(13-15-24)16-18-6-4-3-5-7-18/h3-11H,2,12-17H2,1H3,(H,22,25)/p+2. The van der Waals surface area contributed by atoms with Gasteiger partial charge in [-0.25, -0.2) is 0 Å². The molecule has 5 nitrogen and oxygen atoms in total. The maximum Gasteiger partial charge on any atom is 0.279 e. The second kappa shape index (κ2) is 9.36. The Morgan fingerprint density at radius 3 is 2.27 bits per heavy atom. The number of carbonyl (C=O) groups excluding carboxylic acids is 1. The van der Waals surface area contributed by atoms with Gasteiger partial charge in [0.05, 0.1) is 6.61 Å². The predicted molar refractivity (Wildman–Crippen MR) is 103 cm³/mol. The topological polar surface area (TPSA) is 47.2 Å². The van der Waals surface area contributed by atoms with E-state index in [9.17, 15) is 4.79 Å². The summed E-state index contributed by atoms with van der Waals surface area (Å²) in [6, 6.07) is 18.2. The van der Waals surface area contributed by atoms with Crippen molar-refractivity contribution >= 4 is 11.6 Å². The summed E-state index contributed by atoms with van der Waals surface area (Å²) < 4.78 is 5.42. The Hall–Kier alpha value is -2.37. The number of quaternary nitrogens is 2. The van der Waals surface area contributed by atoms with Crippen LogP contribution in [0.3, 0.4) is 0 Å². The van der Waals surface area contributed by atoms with E-state index in [0.717, 1.165) is 44.2 Å². The van der Waals surface area contributed by atoms with Gasteiger partial charge in [0.15, 0.2) is 6.54 Å². The lowest BCUT2D eigenvalue weighted by Gasteiger charge is -2.29. The van der Waals surface area contributed by atoms with E-state index in [1.54, 1.807) is 4.90 Å². The molecule has 26 heavy (non-hydrogen) atoms. The lowest BCUT2D eigenvalue weighted by Crippen LogP contribution is -3.28. The summed E-state index contributed by atoms with van der Waals surface area (Å²) in [6.45, 7) is 8.52. The molecule has 1 amide bonds. The summed E-state index contributed by atoms with van der Waals surface area (Å²) in [5, 5.41) is 2.99. The Bertz CT molecular complexity index is 680. The molecule has 0 aromatic heterocycles. The number of anilines is 1. The predicted octanol–water partition coefficient (Wildman–Crippen LogP) is 0.00740. The maximum atomic E-state index is 12.3. The second-order valence-electron chi connectivity index (χ2n) is 6.84. The highest BCUT2D eigenvalue weighted by molar-refractivity contribution is 5.91. The third kappa shape index (κ3) is 5.58. The van der Waals surface area contributed by atoms with Crippen LogP contribution in [-0.2, 0) is 11.3 Å². The summed E-state index contributed by atoms with van der Waals surface area (Å²) in [5.74, 6) is 0.907. The number of carbonyl (C=O) groups is 1. The SMILES string of the molecule is CCOc1ccc(NC(=O)C[NH+]2CC[NH+](Cc3ccccc3)CC2)cc1. The molecule has 5 heteroatoms. The highest BCUT2D eigenvalue weighted by Gasteiger charge is 2.24. The van der Waals surface area contributed by atoms with E-state index in [0.29, 0.717) is 13.2 Å². The van der Waals surface area contributed by atoms with Crippen LogP contribution >= 0.6 is 0 Å². The Labute approximate surface area is 155 Å². The molecule has 0 unspecified atom stereocenters.